The van der Waals surface area contributed by atoms with E-state index in [0.29, 0.717) is 0 Å². The van der Waals surface area contributed by atoms with Crippen LogP contribution < -0.4 is 5.32 Å². The molecule has 3 atom stereocenters. The summed E-state index contributed by atoms with van der Waals surface area (Å²) in [5, 5.41) is 22.2. The number of nitrogens with one attached hydrogen (secondary N) is 1. The van der Waals surface area contributed by atoms with Crippen molar-refractivity contribution < 1.29 is 19.7 Å². The van der Waals surface area contributed by atoms with Gasteiger partial charge in [0, 0.05) is 13.5 Å². The molecule has 5 heteroatoms. The number of carbonyl (C=O) groups excluding carboxylic acids is 1. The molecule has 3 N–H and O–H groups in total. The first-order valence-electron chi connectivity index (χ1n) is 5.00. The van der Waals surface area contributed by atoms with Gasteiger partial charge in [0.25, 0.3) is 0 Å². The van der Waals surface area contributed by atoms with E-state index in [2.05, 4.69) is 5.32 Å². The molecule has 1 aliphatic rings. The number of hydrogen-bond donors (Lipinski definition) is 3. The first-order valence-corrected chi connectivity index (χ1v) is 5.00. The zero-order valence-corrected chi connectivity index (χ0v) is 9.57. The van der Waals surface area contributed by atoms with Gasteiger partial charge < -0.3 is 20.3 Å². The Bertz CT molecular complexity index is 266. The smallest absolute Gasteiger partial charge is 0.216 e. The molecule has 1 amide bonds. The van der Waals surface area contributed by atoms with Gasteiger partial charge in [-0.15, -0.1) is 0 Å². The molecule has 0 spiro atoms. The summed E-state index contributed by atoms with van der Waals surface area (Å²) in [6, 6.07) is 0. The highest BCUT2D eigenvalue weighted by molar-refractivity contribution is 5.72. The third-order valence-corrected chi connectivity index (χ3v) is 2.82. The predicted octanol–water partition coefficient (Wildman–Crippen LogP) is -0.588. The molecule has 1 saturated heterocycles. The van der Waals surface area contributed by atoms with Gasteiger partial charge in [0.15, 0.2) is 0 Å². The standard InChI is InChI=1S/C10H19NO4/c1-6(12)11-5-10(4)8(14)7(13)9(2,3)15-10/h7-8,13-14H,5H2,1-4H3,(H,11,12)/t7-,8?,10?/m0/s1. The van der Waals surface area contributed by atoms with E-state index in [4.69, 9.17) is 4.74 Å². The quantitative estimate of drug-likeness (QED) is 0.578. The van der Waals surface area contributed by atoms with Crippen LogP contribution in [0.4, 0.5) is 0 Å². The van der Waals surface area contributed by atoms with E-state index >= 15 is 0 Å². The average molecular weight is 217 g/mol. The van der Waals surface area contributed by atoms with Crippen LogP contribution in [0.3, 0.4) is 0 Å². The number of rotatable bonds is 2. The zero-order valence-electron chi connectivity index (χ0n) is 9.57. The van der Waals surface area contributed by atoms with Crippen molar-refractivity contribution in [1.29, 1.82) is 0 Å². The second-order valence-corrected chi connectivity index (χ2v) is 4.82. The van der Waals surface area contributed by atoms with Crippen LogP contribution in [0.25, 0.3) is 0 Å². The number of aliphatic hydroxyl groups is 2. The van der Waals surface area contributed by atoms with Crippen LogP contribution in [0.1, 0.15) is 27.7 Å². The van der Waals surface area contributed by atoms with Gasteiger partial charge in [-0.2, -0.15) is 0 Å². The van der Waals surface area contributed by atoms with E-state index in [1.807, 2.05) is 0 Å². The molecular weight excluding hydrogens is 198 g/mol. The number of amides is 1. The average Bonchev–Trinajstić information content (AvgIpc) is 2.25. The van der Waals surface area contributed by atoms with Crippen LogP contribution in [0.15, 0.2) is 0 Å². The molecule has 0 saturated carbocycles. The fourth-order valence-electron chi connectivity index (χ4n) is 1.88. The number of aliphatic hydroxyl groups excluding tert-OH is 2. The Balaban J connectivity index is 2.74. The molecule has 1 rings (SSSR count). The summed E-state index contributed by atoms with van der Waals surface area (Å²) in [6.45, 7) is 6.67. The molecule has 0 aromatic rings. The fraction of sp³-hybridized carbons (Fsp3) is 0.900. The summed E-state index contributed by atoms with van der Waals surface area (Å²) in [4.78, 5) is 10.8. The van der Waals surface area contributed by atoms with E-state index in [1.54, 1.807) is 20.8 Å². The van der Waals surface area contributed by atoms with Gasteiger partial charge in [-0.1, -0.05) is 0 Å². The van der Waals surface area contributed by atoms with Crippen LogP contribution in [0.2, 0.25) is 0 Å². The predicted molar refractivity (Wildman–Crippen MR) is 54.3 cm³/mol. The molecule has 5 nitrogen and oxygen atoms in total. The van der Waals surface area contributed by atoms with Crippen LogP contribution in [0.5, 0.6) is 0 Å². The van der Waals surface area contributed by atoms with Gasteiger partial charge in [-0.3, -0.25) is 4.79 Å². The maximum Gasteiger partial charge on any atom is 0.216 e. The lowest BCUT2D eigenvalue weighted by Gasteiger charge is -2.28. The molecular formula is C10H19NO4. The van der Waals surface area contributed by atoms with Gasteiger partial charge in [0.1, 0.15) is 17.8 Å². The molecule has 1 heterocycles. The molecule has 15 heavy (non-hydrogen) atoms. The first kappa shape index (κ1) is 12.4. The Labute approximate surface area is 89.4 Å². The van der Waals surface area contributed by atoms with Gasteiger partial charge in [0.05, 0.1) is 5.60 Å². The Morgan fingerprint density at radius 3 is 2.20 bits per heavy atom. The molecule has 0 radical (unpaired) electrons. The largest absolute Gasteiger partial charge is 0.387 e. The van der Waals surface area contributed by atoms with Gasteiger partial charge in [-0.25, -0.2) is 0 Å². The highest BCUT2D eigenvalue weighted by atomic mass is 16.6. The SMILES string of the molecule is CC(=O)NCC1(C)OC(C)(C)[C@@H](O)C1O. The molecule has 88 valence electrons. The summed E-state index contributed by atoms with van der Waals surface area (Å²) < 4.78 is 5.60. The summed E-state index contributed by atoms with van der Waals surface area (Å²) in [5.74, 6) is -0.189. The van der Waals surface area contributed by atoms with Crippen molar-refractivity contribution in [2.75, 3.05) is 6.54 Å². The maximum atomic E-state index is 10.8. The Morgan fingerprint density at radius 2 is 1.87 bits per heavy atom. The van der Waals surface area contributed by atoms with Crippen LogP contribution in [-0.2, 0) is 9.53 Å². The normalized spacial score (nSPS) is 39.1. The number of carbonyl (C=O) groups is 1. The van der Waals surface area contributed by atoms with E-state index in [0.717, 1.165) is 0 Å². The summed E-state index contributed by atoms with van der Waals surface area (Å²) in [6.07, 6.45) is -1.95. The highest BCUT2D eigenvalue weighted by Gasteiger charge is 2.55. The molecule has 2 unspecified atom stereocenters. The van der Waals surface area contributed by atoms with Crippen LogP contribution in [0, 0.1) is 0 Å². The van der Waals surface area contributed by atoms with Gasteiger partial charge >= 0.3 is 0 Å². The van der Waals surface area contributed by atoms with Crippen molar-refractivity contribution in [3.63, 3.8) is 0 Å². The monoisotopic (exact) mass is 217 g/mol. The first-order chi connectivity index (χ1) is 6.69. The molecule has 1 aliphatic heterocycles. The third kappa shape index (κ3) is 2.30. The van der Waals surface area contributed by atoms with E-state index in [1.165, 1.54) is 6.92 Å². The molecule has 0 aromatic carbocycles. The van der Waals surface area contributed by atoms with E-state index < -0.39 is 23.4 Å². The highest BCUT2D eigenvalue weighted by Crippen LogP contribution is 2.37. The van der Waals surface area contributed by atoms with Crippen molar-refractivity contribution in [1.82, 2.24) is 5.32 Å². The second kappa shape index (κ2) is 3.73. The van der Waals surface area contributed by atoms with E-state index in [-0.39, 0.29) is 12.5 Å². The summed E-state index contributed by atoms with van der Waals surface area (Å²) in [5.41, 5.74) is -1.73. The Hall–Kier alpha value is -0.650. The lowest BCUT2D eigenvalue weighted by molar-refractivity contribution is -0.125. The molecule has 1 fully saturated rings. The van der Waals surface area contributed by atoms with Crippen molar-refractivity contribution in [3.8, 4) is 0 Å². The minimum absolute atomic E-state index is 0.185. The molecule has 0 aliphatic carbocycles. The maximum absolute atomic E-state index is 10.8. The van der Waals surface area contributed by atoms with Crippen molar-refractivity contribution >= 4 is 5.91 Å². The topological polar surface area (TPSA) is 78.8 Å². The minimum atomic E-state index is -1.00. The third-order valence-electron chi connectivity index (χ3n) is 2.82. The van der Waals surface area contributed by atoms with Gasteiger partial charge in [-0.05, 0) is 20.8 Å². The fourth-order valence-corrected chi connectivity index (χ4v) is 1.88. The van der Waals surface area contributed by atoms with Crippen molar-refractivity contribution in [3.05, 3.63) is 0 Å². The molecule has 0 aromatic heterocycles. The van der Waals surface area contributed by atoms with Gasteiger partial charge in [0.2, 0.25) is 5.91 Å². The zero-order chi connectivity index (χ0) is 11.9. The van der Waals surface area contributed by atoms with Crippen LogP contribution >= 0.6 is 0 Å². The van der Waals surface area contributed by atoms with Crippen molar-refractivity contribution in [2.45, 2.75) is 51.1 Å². The molecule has 0 bridgehead atoms. The van der Waals surface area contributed by atoms with Crippen LogP contribution in [-0.4, -0.2) is 46.1 Å². The number of ether oxygens (including phenoxy) is 1. The second-order valence-electron chi connectivity index (χ2n) is 4.82. The number of hydrogen-bond acceptors (Lipinski definition) is 4. The Morgan fingerprint density at radius 1 is 1.33 bits per heavy atom. The lowest BCUT2D eigenvalue weighted by Crippen LogP contribution is -2.49. The summed E-state index contributed by atoms with van der Waals surface area (Å²) in [7, 11) is 0. The summed E-state index contributed by atoms with van der Waals surface area (Å²) >= 11 is 0. The van der Waals surface area contributed by atoms with Crippen molar-refractivity contribution in [2.24, 2.45) is 0 Å². The van der Waals surface area contributed by atoms with E-state index in [9.17, 15) is 15.0 Å². The minimum Gasteiger partial charge on any atom is -0.387 e. The lowest BCUT2D eigenvalue weighted by atomic mass is 9.93. The Kier molecular flexibility index (Phi) is 3.09.